The van der Waals surface area contributed by atoms with Crippen LogP contribution >= 0.6 is 0 Å². The SMILES string of the molecule is COc1cc([C@H]2CC(=O)C[C@H](O)[C@@H]3[C@H](C#C[C@@H]2Cc2ccccc2)CN[C@H]2CC[C@@]45C=C[C@H]6CCC[C@]6(C4)[C@@H]4C[C@H]5[C@]32c2cc(O)c(O)cc24)c(CO)cc1O. The number of benzene rings is 3. The third-order valence-corrected chi connectivity index (χ3v) is 16.2. The lowest BCUT2D eigenvalue weighted by Gasteiger charge is -2.73. The number of hydrogen-bond donors (Lipinski definition) is 6. The molecule has 3 aromatic rings. The van der Waals surface area contributed by atoms with Crippen LogP contribution in [-0.4, -0.2) is 57.1 Å². The maximum Gasteiger partial charge on any atom is 0.160 e. The van der Waals surface area contributed by atoms with E-state index in [9.17, 15) is 30.3 Å². The van der Waals surface area contributed by atoms with Crippen LogP contribution in [0.3, 0.4) is 0 Å². The van der Waals surface area contributed by atoms with Crippen molar-refractivity contribution in [3.63, 3.8) is 0 Å². The molecule has 3 spiro atoms. The molecule has 4 fully saturated rings. The average molecular weight is 756 g/mol. The van der Waals surface area contributed by atoms with Gasteiger partial charge in [-0.05, 0) is 126 Å². The lowest BCUT2D eigenvalue weighted by molar-refractivity contribution is -0.153. The number of rotatable bonds is 5. The van der Waals surface area contributed by atoms with Crippen LogP contribution in [-0.2, 0) is 23.2 Å². The highest BCUT2D eigenvalue weighted by Gasteiger charge is 2.73. The number of carbonyl (C=O) groups is 1. The second-order valence-electron chi connectivity index (χ2n) is 18.4. The molecule has 10 rings (SSSR count). The Labute approximate surface area is 329 Å². The van der Waals surface area contributed by atoms with Crippen molar-refractivity contribution in [2.45, 2.75) is 100 Å². The fourth-order valence-corrected chi connectivity index (χ4v) is 14.3. The first-order chi connectivity index (χ1) is 27.1. The molecule has 8 nitrogen and oxygen atoms in total. The minimum absolute atomic E-state index is 0.00528. The molecule has 0 unspecified atom stereocenters. The van der Waals surface area contributed by atoms with Crippen LogP contribution in [0.2, 0.25) is 0 Å². The number of nitrogens with one attached hydrogen (secondary N) is 1. The summed E-state index contributed by atoms with van der Waals surface area (Å²) in [6.45, 7) is 0.240. The van der Waals surface area contributed by atoms with Crippen molar-refractivity contribution < 1.29 is 35.1 Å². The summed E-state index contributed by atoms with van der Waals surface area (Å²) in [4.78, 5) is 14.6. The third-order valence-electron chi connectivity index (χ3n) is 16.2. The zero-order valence-corrected chi connectivity index (χ0v) is 32.1. The molecule has 292 valence electrons. The fourth-order valence-electron chi connectivity index (χ4n) is 14.3. The summed E-state index contributed by atoms with van der Waals surface area (Å²) in [5, 5.41) is 60.5. The van der Waals surface area contributed by atoms with Gasteiger partial charge in [-0.3, -0.25) is 4.79 Å². The van der Waals surface area contributed by atoms with Crippen LogP contribution in [0.25, 0.3) is 0 Å². The number of phenols is 3. The molecule has 12 atom stereocenters. The van der Waals surface area contributed by atoms with Crippen molar-refractivity contribution in [2.75, 3.05) is 13.7 Å². The summed E-state index contributed by atoms with van der Waals surface area (Å²) >= 11 is 0. The van der Waals surface area contributed by atoms with E-state index in [2.05, 4.69) is 41.4 Å². The molecular weight excluding hydrogens is 703 g/mol. The van der Waals surface area contributed by atoms with Gasteiger partial charge in [-0.15, -0.1) is 0 Å². The summed E-state index contributed by atoms with van der Waals surface area (Å²) < 4.78 is 5.52. The molecule has 7 aliphatic rings. The molecule has 6 N–H and O–H groups in total. The van der Waals surface area contributed by atoms with Crippen LogP contribution in [0.15, 0.2) is 66.7 Å². The number of methoxy groups -OCH3 is 1. The fraction of sp³-hybridized carbons (Fsp3) is 0.521. The largest absolute Gasteiger partial charge is 0.504 e. The molecule has 6 aliphatic carbocycles. The van der Waals surface area contributed by atoms with Gasteiger partial charge in [0.2, 0.25) is 0 Å². The zero-order valence-electron chi connectivity index (χ0n) is 32.1. The Morgan fingerprint density at radius 3 is 2.57 bits per heavy atom. The van der Waals surface area contributed by atoms with Crippen molar-refractivity contribution >= 4 is 5.78 Å². The number of aliphatic hydroxyl groups excluding tert-OH is 2. The van der Waals surface area contributed by atoms with Crippen LogP contribution < -0.4 is 10.1 Å². The van der Waals surface area contributed by atoms with Gasteiger partial charge >= 0.3 is 0 Å². The first kappa shape index (κ1) is 36.1. The minimum atomic E-state index is -0.998. The van der Waals surface area contributed by atoms with Crippen molar-refractivity contribution in [3.05, 3.63) is 94.6 Å². The number of hydrogen-bond acceptors (Lipinski definition) is 8. The van der Waals surface area contributed by atoms with Gasteiger partial charge in [-0.25, -0.2) is 0 Å². The Balaban J connectivity index is 1.17. The first-order valence-electron chi connectivity index (χ1n) is 20.9. The van der Waals surface area contributed by atoms with Crippen molar-refractivity contribution in [3.8, 4) is 34.8 Å². The number of aliphatic hydroxyl groups is 2. The normalized spacial score (nSPS) is 38.9. The van der Waals surface area contributed by atoms with Gasteiger partial charge in [0.25, 0.3) is 0 Å². The number of aromatic hydroxyl groups is 3. The Morgan fingerprint density at radius 1 is 0.946 bits per heavy atom. The van der Waals surface area contributed by atoms with E-state index < -0.39 is 23.4 Å². The van der Waals surface area contributed by atoms with Gasteiger partial charge in [0, 0.05) is 54.5 Å². The van der Waals surface area contributed by atoms with E-state index in [-0.39, 0.29) is 88.8 Å². The van der Waals surface area contributed by atoms with Gasteiger partial charge < -0.3 is 35.6 Å². The summed E-state index contributed by atoms with van der Waals surface area (Å²) in [6.07, 6.45) is 12.3. The van der Waals surface area contributed by atoms with Crippen molar-refractivity contribution in [1.82, 2.24) is 5.32 Å². The maximum absolute atomic E-state index is 14.6. The number of ketones is 1. The predicted molar refractivity (Wildman–Crippen MR) is 211 cm³/mol. The Bertz CT molecular complexity index is 2170. The Kier molecular flexibility index (Phi) is 8.46. The van der Waals surface area contributed by atoms with E-state index in [0.29, 0.717) is 30.0 Å². The quantitative estimate of drug-likeness (QED) is 0.0955. The summed E-state index contributed by atoms with van der Waals surface area (Å²) in [7, 11) is 1.49. The number of piperidine rings is 1. The molecular formula is C48H53NO7. The van der Waals surface area contributed by atoms with Gasteiger partial charge in [-0.2, -0.15) is 0 Å². The number of phenolic OH excluding ortho intramolecular Hbond substituents is 3. The molecule has 4 bridgehead atoms. The van der Waals surface area contributed by atoms with Crippen LogP contribution in [0.1, 0.15) is 97.4 Å². The molecule has 1 saturated heterocycles. The highest BCUT2D eigenvalue weighted by atomic mass is 16.5. The molecule has 3 saturated carbocycles. The topological polar surface area (TPSA) is 139 Å². The Morgan fingerprint density at radius 2 is 1.77 bits per heavy atom. The smallest absolute Gasteiger partial charge is 0.160 e. The highest BCUT2D eigenvalue weighted by Crippen LogP contribution is 2.78. The van der Waals surface area contributed by atoms with E-state index >= 15 is 0 Å². The third kappa shape index (κ3) is 5.06. The van der Waals surface area contributed by atoms with E-state index in [0.717, 1.165) is 42.4 Å². The summed E-state index contributed by atoms with van der Waals surface area (Å²) in [5.74, 6) is 6.83. The predicted octanol–water partition coefficient (Wildman–Crippen LogP) is 6.76. The van der Waals surface area contributed by atoms with Crippen molar-refractivity contribution in [2.24, 2.45) is 40.4 Å². The number of fused-ring (bicyclic) bond motifs is 4. The molecule has 56 heavy (non-hydrogen) atoms. The second kappa shape index (κ2) is 13.1. The zero-order chi connectivity index (χ0) is 38.6. The molecule has 0 radical (unpaired) electrons. The van der Waals surface area contributed by atoms with E-state index in [1.54, 1.807) is 6.07 Å². The molecule has 0 aromatic heterocycles. The van der Waals surface area contributed by atoms with E-state index in [1.807, 2.05) is 30.3 Å². The summed E-state index contributed by atoms with van der Waals surface area (Å²) in [5.41, 5.74) is 3.89. The number of ether oxygens (including phenoxy) is 1. The summed E-state index contributed by atoms with van der Waals surface area (Å²) in [6, 6.07) is 17.1. The van der Waals surface area contributed by atoms with Gasteiger partial charge in [0.05, 0.1) is 19.8 Å². The monoisotopic (exact) mass is 755 g/mol. The lowest BCUT2D eigenvalue weighted by Crippen LogP contribution is -2.74. The molecule has 1 aliphatic heterocycles. The number of Topliss-reactive ketones (excluding diaryl/α,β-unsaturated/α-hetero) is 1. The molecule has 0 amide bonds. The van der Waals surface area contributed by atoms with Gasteiger partial charge in [0.15, 0.2) is 23.0 Å². The maximum atomic E-state index is 14.6. The highest BCUT2D eigenvalue weighted by molar-refractivity contribution is 5.80. The van der Waals surface area contributed by atoms with Crippen LogP contribution in [0.4, 0.5) is 0 Å². The lowest BCUT2D eigenvalue weighted by atomic mass is 9.32. The second-order valence-corrected chi connectivity index (χ2v) is 18.4. The number of carbonyl (C=O) groups excluding carboxylic acids is 1. The van der Waals surface area contributed by atoms with Crippen LogP contribution in [0.5, 0.6) is 23.0 Å². The number of allylic oxidation sites excluding steroid dienone is 2. The van der Waals surface area contributed by atoms with Crippen molar-refractivity contribution in [1.29, 1.82) is 0 Å². The van der Waals surface area contributed by atoms with E-state index in [1.165, 1.54) is 32.4 Å². The standard InChI is InChI=1S/C48H53NO7/c1-56-42-21-34(30(25-50)17-40(42)54)33-18-32(51)19-41(55)45-29(10-9-28(33)16-27-6-3-2-4-7-27)24-49-44-12-15-46-14-11-31-8-5-13-47(31,26-46)36-23-43(46)48(44,45)37-22-39(53)38(52)20-35(36)37/h2-4,6-7,11,14,17,20-22,28-29,31,33,36,41,43-45,49-50,52-55H,5,8,12-13,15-16,18-19,23-26H2,1H3/t28-,29-,31-,33+,36-,41+,43-,44+,45+,46+,47-,48+/m1/s1. The van der Waals surface area contributed by atoms with Gasteiger partial charge in [-0.1, -0.05) is 60.7 Å². The van der Waals surface area contributed by atoms with E-state index in [4.69, 9.17) is 4.74 Å². The molecule has 1 heterocycles. The molecule has 8 heteroatoms. The average Bonchev–Trinajstić information content (AvgIpc) is 3.61. The minimum Gasteiger partial charge on any atom is -0.504 e. The van der Waals surface area contributed by atoms with Crippen LogP contribution in [0, 0.1) is 52.3 Å². The first-order valence-corrected chi connectivity index (χ1v) is 20.9. The van der Waals surface area contributed by atoms with Gasteiger partial charge in [0.1, 0.15) is 5.78 Å². The molecule has 3 aromatic carbocycles. The Hall–Kier alpha value is -4.29.